The molecule has 2 N–H and O–H groups in total. The Bertz CT molecular complexity index is 360. The molecule has 0 aromatic heterocycles. The quantitative estimate of drug-likeness (QED) is 0.382. The van der Waals surface area contributed by atoms with Crippen molar-refractivity contribution in [1.82, 2.24) is 0 Å². The lowest BCUT2D eigenvalue weighted by atomic mass is 10.1. The first-order valence-electron chi connectivity index (χ1n) is 8.85. The Balaban J connectivity index is 1.98. The van der Waals surface area contributed by atoms with Crippen LogP contribution >= 0.6 is 0 Å². The van der Waals surface area contributed by atoms with Crippen LogP contribution in [0.1, 0.15) is 71.1 Å². The van der Waals surface area contributed by atoms with Crippen molar-refractivity contribution in [2.75, 3.05) is 0 Å². The van der Waals surface area contributed by atoms with E-state index in [0.717, 1.165) is 37.5 Å². The van der Waals surface area contributed by atoms with Gasteiger partial charge in [0.15, 0.2) is 0 Å². The van der Waals surface area contributed by atoms with Crippen LogP contribution < -0.4 is 0 Å². The second kappa shape index (κ2) is 11.5. The highest BCUT2D eigenvalue weighted by Gasteiger charge is 2.34. The first-order valence-corrected chi connectivity index (χ1v) is 8.85. The van der Waals surface area contributed by atoms with E-state index < -0.39 is 5.97 Å². The Kier molecular flexibility index (Phi) is 9.89. The number of carboxylic acid groups (broad SMARTS) is 1. The fraction of sp³-hybridized carbons (Fsp3) is 0.737. The highest BCUT2D eigenvalue weighted by atomic mass is 16.4. The second-order valence-corrected chi connectivity index (χ2v) is 6.46. The van der Waals surface area contributed by atoms with Crippen molar-refractivity contribution >= 4 is 5.97 Å². The number of unbranched alkanes of at least 4 members (excludes halogenated alkanes) is 2. The molecule has 0 amide bonds. The number of aliphatic hydroxyl groups is 1. The van der Waals surface area contributed by atoms with Crippen LogP contribution in [0.4, 0.5) is 0 Å². The van der Waals surface area contributed by atoms with Gasteiger partial charge < -0.3 is 10.2 Å². The lowest BCUT2D eigenvalue weighted by Gasteiger charge is -2.04. The zero-order valence-corrected chi connectivity index (χ0v) is 13.9. The number of hydrogen-bond acceptors (Lipinski definition) is 2. The number of rotatable bonds is 13. The van der Waals surface area contributed by atoms with Gasteiger partial charge in [0, 0.05) is 6.42 Å². The molecule has 0 bridgehead atoms. The Morgan fingerprint density at radius 3 is 2.68 bits per heavy atom. The maximum Gasteiger partial charge on any atom is 0.303 e. The van der Waals surface area contributed by atoms with Gasteiger partial charge in [-0.05, 0) is 50.4 Å². The molecule has 1 rings (SSSR count). The van der Waals surface area contributed by atoms with E-state index in [-0.39, 0.29) is 12.5 Å². The molecule has 3 nitrogen and oxygen atoms in total. The molecule has 3 atom stereocenters. The standard InChI is InChI=1S/C19H32O3/c1-2-3-6-12-18(20)13-9-11-17-15-16(17)10-7-4-5-8-14-19(21)22/h4-5,9,13,16-18,20H,2-3,6-8,10-12,14-15H2,1H3,(H,21,22)/b5-4-,13-9+/t16-,17+,18+/m1/s1. The number of aliphatic carboxylic acids is 1. The third-order valence-electron chi connectivity index (χ3n) is 4.37. The third-order valence-corrected chi connectivity index (χ3v) is 4.37. The van der Waals surface area contributed by atoms with Gasteiger partial charge in [-0.15, -0.1) is 0 Å². The summed E-state index contributed by atoms with van der Waals surface area (Å²) in [7, 11) is 0. The Morgan fingerprint density at radius 2 is 1.95 bits per heavy atom. The lowest BCUT2D eigenvalue weighted by molar-refractivity contribution is -0.136. The molecule has 22 heavy (non-hydrogen) atoms. The first kappa shape index (κ1) is 19.0. The van der Waals surface area contributed by atoms with E-state index in [0.29, 0.717) is 6.42 Å². The summed E-state index contributed by atoms with van der Waals surface area (Å²) in [6, 6.07) is 0. The molecule has 0 radical (unpaired) electrons. The van der Waals surface area contributed by atoms with Gasteiger partial charge in [-0.2, -0.15) is 0 Å². The van der Waals surface area contributed by atoms with Crippen molar-refractivity contribution in [1.29, 1.82) is 0 Å². The van der Waals surface area contributed by atoms with Crippen LogP contribution in [0, 0.1) is 11.8 Å². The summed E-state index contributed by atoms with van der Waals surface area (Å²) in [4.78, 5) is 10.4. The molecule has 0 unspecified atom stereocenters. The van der Waals surface area contributed by atoms with E-state index in [1.54, 1.807) is 0 Å². The molecular formula is C19H32O3. The Labute approximate surface area is 135 Å². The van der Waals surface area contributed by atoms with Gasteiger partial charge in [0.1, 0.15) is 0 Å². The molecule has 0 aromatic carbocycles. The average molecular weight is 308 g/mol. The van der Waals surface area contributed by atoms with Crippen LogP contribution in [-0.4, -0.2) is 22.3 Å². The summed E-state index contributed by atoms with van der Waals surface area (Å²) < 4.78 is 0. The minimum Gasteiger partial charge on any atom is -0.481 e. The smallest absolute Gasteiger partial charge is 0.303 e. The molecule has 0 spiro atoms. The highest BCUT2D eigenvalue weighted by molar-refractivity contribution is 5.66. The normalized spacial score (nSPS) is 22.5. The lowest BCUT2D eigenvalue weighted by Crippen LogP contribution is -2.01. The second-order valence-electron chi connectivity index (χ2n) is 6.46. The zero-order valence-electron chi connectivity index (χ0n) is 13.9. The number of hydrogen-bond donors (Lipinski definition) is 2. The van der Waals surface area contributed by atoms with Crippen molar-refractivity contribution in [3.05, 3.63) is 24.3 Å². The Morgan fingerprint density at radius 1 is 1.18 bits per heavy atom. The average Bonchev–Trinajstić information content (AvgIpc) is 3.21. The summed E-state index contributed by atoms with van der Waals surface area (Å²) in [6.07, 6.45) is 17.9. The predicted molar refractivity (Wildman–Crippen MR) is 90.7 cm³/mol. The molecule has 1 aliphatic carbocycles. The first-order chi connectivity index (χ1) is 10.6. The molecular weight excluding hydrogens is 276 g/mol. The van der Waals surface area contributed by atoms with Gasteiger partial charge in [-0.1, -0.05) is 50.5 Å². The van der Waals surface area contributed by atoms with Gasteiger partial charge in [0.05, 0.1) is 6.10 Å². The van der Waals surface area contributed by atoms with E-state index in [2.05, 4.69) is 19.1 Å². The van der Waals surface area contributed by atoms with Gasteiger partial charge in [0.2, 0.25) is 0 Å². The Hall–Kier alpha value is -1.09. The van der Waals surface area contributed by atoms with Crippen LogP contribution in [0.3, 0.4) is 0 Å². The summed E-state index contributed by atoms with van der Waals surface area (Å²) >= 11 is 0. The molecule has 0 saturated heterocycles. The number of carbonyl (C=O) groups is 1. The number of carboxylic acids is 1. The third kappa shape index (κ3) is 9.78. The molecule has 0 heterocycles. The minimum absolute atomic E-state index is 0.230. The molecule has 1 saturated carbocycles. The van der Waals surface area contributed by atoms with Crippen LogP contribution in [0.25, 0.3) is 0 Å². The van der Waals surface area contributed by atoms with Crippen molar-refractivity contribution < 1.29 is 15.0 Å². The molecule has 0 aliphatic heterocycles. The predicted octanol–water partition coefficient (Wildman–Crippen LogP) is 4.71. The van der Waals surface area contributed by atoms with Crippen LogP contribution in [-0.2, 0) is 4.79 Å². The molecule has 1 fully saturated rings. The number of allylic oxidation sites excluding steroid dienone is 3. The minimum atomic E-state index is -0.726. The molecule has 126 valence electrons. The van der Waals surface area contributed by atoms with E-state index in [1.807, 2.05) is 12.2 Å². The summed E-state index contributed by atoms with van der Waals surface area (Å²) in [6.45, 7) is 2.18. The zero-order chi connectivity index (χ0) is 16.2. The van der Waals surface area contributed by atoms with Gasteiger partial charge in [-0.25, -0.2) is 0 Å². The fourth-order valence-electron chi connectivity index (χ4n) is 2.82. The van der Waals surface area contributed by atoms with Crippen molar-refractivity contribution in [3.63, 3.8) is 0 Å². The monoisotopic (exact) mass is 308 g/mol. The van der Waals surface area contributed by atoms with E-state index >= 15 is 0 Å². The topological polar surface area (TPSA) is 57.5 Å². The summed E-state index contributed by atoms with van der Waals surface area (Å²) in [5, 5.41) is 18.3. The van der Waals surface area contributed by atoms with E-state index in [1.165, 1.54) is 25.7 Å². The molecule has 0 aromatic rings. The van der Waals surface area contributed by atoms with E-state index in [4.69, 9.17) is 5.11 Å². The van der Waals surface area contributed by atoms with Gasteiger partial charge in [0.25, 0.3) is 0 Å². The van der Waals surface area contributed by atoms with Crippen LogP contribution in [0.15, 0.2) is 24.3 Å². The van der Waals surface area contributed by atoms with Gasteiger partial charge >= 0.3 is 5.97 Å². The van der Waals surface area contributed by atoms with Crippen molar-refractivity contribution in [2.45, 2.75) is 77.2 Å². The SMILES string of the molecule is CCCCC[C@H](O)/C=C/C[C@H]1C[C@H]1CC/C=C\CCC(=O)O. The van der Waals surface area contributed by atoms with Crippen molar-refractivity contribution in [2.24, 2.45) is 11.8 Å². The summed E-state index contributed by atoms with van der Waals surface area (Å²) in [5.74, 6) is 0.896. The molecule has 1 aliphatic rings. The van der Waals surface area contributed by atoms with E-state index in [9.17, 15) is 9.90 Å². The summed E-state index contributed by atoms with van der Waals surface area (Å²) in [5.41, 5.74) is 0. The van der Waals surface area contributed by atoms with Crippen LogP contribution in [0.5, 0.6) is 0 Å². The highest BCUT2D eigenvalue weighted by Crippen LogP contribution is 2.44. The van der Waals surface area contributed by atoms with Gasteiger partial charge in [-0.3, -0.25) is 4.79 Å². The van der Waals surface area contributed by atoms with Crippen molar-refractivity contribution in [3.8, 4) is 0 Å². The largest absolute Gasteiger partial charge is 0.481 e. The maximum atomic E-state index is 10.4. The maximum absolute atomic E-state index is 10.4. The molecule has 3 heteroatoms. The fourth-order valence-corrected chi connectivity index (χ4v) is 2.82. The van der Waals surface area contributed by atoms with Crippen LogP contribution in [0.2, 0.25) is 0 Å². The number of aliphatic hydroxyl groups excluding tert-OH is 1.